The molecule has 2 aromatic rings. The smallest absolute Gasteiger partial charge is 0.331 e. The Balaban J connectivity index is 2.22. The van der Waals surface area contributed by atoms with Gasteiger partial charge in [-0.1, -0.05) is 30.3 Å². The molecule has 1 heterocycles. The number of benzene rings is 1. The van der Waals surface area contributed by atoms with Gasteiger partial charge in [0, 0.05) is 6.04 Å². The van der Waals surface area contributed by atoms with Gasteiger partial charge >= 0.3 is 5.69 Å². The van der Waals surface area contributed by atoms with E-state index in [-0.39, 0.29) is 0 Å². The van der Waals surface area contributed by atoms with Crippen molar-refractivity contribution in [3.05, 3.63) is 62.6 Å². The monoisotopic (exact) mass is 278 g/mol. The van der Waals surface area contributed by atoms with Gasteiger partial charge in [-0.2, -0.15) is 4.39 Å². The number of halogens is 1. The highest BCUT2D eigenvalue weighted by atomic mass is 19.1. The van der Waals surface area contributed by atoms with Crippen LogP contribution in [0.3, 0.4) is 0 Å². The van der Waals surface area contributed by atoms with Gasteiger partial charge in [0.05, 0.1) is 0 Å². The van der Waals surface area contributed by atoms with Gasteiger partial charge in [-0.3, -0.25) is 14.3 Å². The lowest BCUT2D eigenvalue weighted by atomic mass is 10.1. The maximum absolute atomic E-state index is 13.3. The number of nitrogens with one attached hydrogen (secondary N) is 1. The molecule has 6 heteroatoms. The zero-order valence-corrected chi connectivity index (χ0v) is 11.0. The average molecular weight is 278 g/mol. The summed E-state index contributed by atoms with van der Waals surface area (Å²) in [6.07, 6.45) is 1.21. The third-order valence-corrected chi connectivity index (χ3v) is 3.20. The fourth-order valence-corrected chi connectivity index (χ4v) is 2.07. The van der Waals surface area contributed by atoms with Crippen molar-refractivity contribution in [2.75, 3.05) is 0 Å². The van der Waals surface area contributed by atoms with Crippen LogP contribution in [0.15, 0.2) is 39.9 Å². The molecular weight excluding hydrogens is 263 g/mol. The molecule has 2 N–H and O–H groups in total. The van der Waals surface area contributed by atoms with Gasteiger partial charge < -0.3 is 5.11 Å². The lowest BCUT2D eigenvalue weighted by Crippen LogP contribution is -2.33. The van der Waals surface area contributed by atoms with Gasteiger partial charge in [0.25, 0.3) is 5.56 Å². The average Bonchev–Trinajstić information content (AvgIpc) is 2.44. The van der Waals surface area contributed by atoms with Crippen LogP contribution < -0.4 is 11.2 Å². The number of hydrogen-bond acceptors (Lipinski definition) is 3. The Morgan fingerprint density at radius 1 is 1.30 bits per heavy atom. The molecule has 5 nitrogen and oxygen atoms in total. The van der Waals surface area contributed by atoms with Crippen molar-refractivity contribution in [1.82, 2.24) is 9.55 Å². The number of aromatic amines is 1. The summed E-state index contributed by atoms with van der Waals surface area (Å²) in [6.45, 7) is 1.68. The van der Waals surface area contributed by atoms with Crippen molar-refractivity contribution < 1.29 is 9.50 Å². The second-order valence-electron chi connectivity index (χ2n) is 4.64. The van der Waals surface area contributed by atoms with Gasteiger partial charge in [-0.25, -0.2) is 4.79 Å². The van der Waals surface area contributed by atoms with E-state index in [0.717, 1.165) is 10.1 Å². The number of aromatic hydroxyl groups is 1. The van der Waals surface area contributed by atoms with E-state index in [1.807, 2.05) is 35.3 Å². The minimum absolute atomic E-state index is 0.436. The van der Waals surface area contributed by atoms with Crippen LogP contribution in [0.2, 0.25) is 0 Å². The molecule has 0 fully saturated rings. The van der Waals surface area contributed by atoms with Crippen LogP contribution in [-0.4, -0.2) is 14.7 Å². The zero-order chi connectivity index (χ0) is 14.7. The van der Waals surface area contributed by atoms with Gasteiger partial charge in [0.1, 0.15) is 0 Å². The topological polar surface area (TPSA) is 75.1 Å². The summed E-state index contributed by atoms with van der Waals surface area (Å²) in [6, 6.07) is 9.17. The summed E-state index contributed by atoms with van der Waals surface area (Å²) < 4.78 is 14.2. The van der Waals surface area contributed by atoms with Crippen molar-refractivity contribution in [2.24, 2.45) is 0 Å². The number of aryl methyl sites for hydroxylation is 1. The Bertz CT molecular complexity index is 707. The number of hydrogen-bond donors (Lipinski definition) is 2. The predicted molar refractivity (Wildman–Crippen MR) is 72.4 cm³/mol. The van der Waals surface area contributed by atoms with Crippen molar-refractivity contribution in [1.29, 1.82) is 0 Å². The normalized spacial score (nSPS) is 12.3. The molecule has 1 unspecified atom stereocenters. The van der Waals surface area contributed by atoms with Crippen LogP contribution in [0.5, 0.6) is 5.88 Å². The van der Waals surface area contributed by atoms with E-state index in [4.69, 9.17) is 0 Å². The Hall–Kier alpha value is -2.37. The van der Waals surface area contributed by atoms with E-state index in [1.165, 1.54) is 0 Å². The minimum atomic E-state index is -1.34. The van der Waals surface area contributed by atoms with Crippen LogP contribution in [0, 0.1) is 5.82 Å². The van der Waals surface area contributed by atoms with Crippen LogP contribution in [0.1, 0.15) is 24.9 Å². The molecule has 0 saturated carbocycles. The second-order valence-corrected chi connectivity index (χ2v) is 4.64. The highest BCUT2D eigenvalue weighted by molar-refractivity contribution is 5.15. The zero-order valence-electron chi connectivity index (χ0n) is 11.0. The fourth-order valence-electron chi connectivity index (χ4n) is 2.07. The number of rotatable bonds is 4. The molecule has 20 heavy (non-hydrogen) atoms. The molecule has 0 aliphatic heterocycles. The van der Waals surface area contributed by atoms with E-state index in [0.29, 0.717) is 12.8 Å². The van der Waals surface area contributed by atoms with Crippen LogP contribution in [-0.2, 0) is 6.42 Å². The lowest BCUT2D eigenvalue weighted by Gasteiger charge is -2.16. The first-order valence-electron chi connectivity index (χ1n) is 6.28. The molecule has 0 bridgehead atoms. The van der Waals surface area contributed by atoms with E-state index in [2.05, 4.69) is 0 Å². The Kier molecular flexibility index (Phi) is 4.02. The number of H-pyrrole nitrogens is 1. The number of nitrogens with zero attached hydrogens (tertiary/aromatic N) is 1. The maximum atomic E-state index is 13.3. The van der Waals surface area contributed by atoms with Crippen LogP contribution >= 0.6 is 0 Å². The van der Waals surface area contributed by atoms with Crippen LogP contribution in [0.4, 0.5) is 4.39 Å². The molecule has 0 amide bonds. The summed E-state index contributed by atoms with van der Waals surface area (Å²) in [5, 5.41) is 9.59. The third kappa shape index (κ3) is 2.79. The standard InChI is InChI=1S/C14H15FN2O3/c1-9(7-8-10-5-3-2-4-6-10)17-13(19)11(15)12(18)16-14(17)20/h2-6,9,19H,7-8H2,1H3,(H,16,18,20). The highest BCUT2D eigenvalue weighted by Gasteiger charge is 2.17. The van der Waals surface area contributed by atoms with Crippen LogP contribution in [0.25, 0.3) is 0 Å². The first-order chi connectivity index (χ1) is 9.50. The first-order valence-corrected chi connectivity index (χ1v) is 6.28. The first kappa shape index (κ1) is 14.0. The summed E-state index contributed by atoms with van der Waals surface area (Å²) in [5.74, 6) is -2.25. The van der Waals surface area contributed by atoms with Crippen molar-refractivity contribution >= 4 is 0 Å². The van der Waals surface area contributed by atoms with E-state index < -0.39 is 29.0 Å². The van der Waals surface area contributed by atoms with Crippen molar-refractivity contribution in [3.8, 4) is 5.88 Å². The third-order valence-electron chi connectivity index (χ3n) is 3.20. The Morgan fingerprint density at radius 2 is 1.95 bits per heavy atom. The molecular formula is C14H15FN2O3. The molecule has 0 aliphatic rings. The molecule has 0 spiro atoms. The number of aromatic nitrogens is 2. The Morgan fingerprint density at radius 3 is 2.60 bits per heavy atom. The van der Waals surface area contributed by atoms with Crippen molar-refractivity contribution in [2.45, 2.75) is 25.8 Å². The molecule has 1 atom stereocenters. The van der Waals surface area contributed by atoms with Gasteiger partial charge in [-0.15, -0.1) is 0 Å². The molecule has 0 saturated heterocycles. The summed E-state index contributed by atoms with van der Waals surface area (Å²) in [5.41, 5.74) is -0.940. The predicted octanol–water partition coefficient (Wildman–Crippen LogP) is 1.58. The summed E-state index contributed by atoms with van der Waals surface area (Å²) in [4.78, 5) is 24.5. The quantitative estimate of drug-likeness (QED) is 0.891. The van der Waals surface area contributed by atoms with E-state index in [1.54, 1.807) is 6.92 Å². The Labute approximate surface area is 114 Å². The molecule has 1 aromatic carbocycles. The molecule has 2 rings (SSSR count). The van der Waals surface area contributed by atoms with E-state index in [9.17, 15) is 19.1 Å². The minimum Gasteiger partial charge on any atom is -0.492 e. The maximum Gasteiger partial charge on any atom is 0.331 e. The summed E-state index contributed by atoms with van der Waals surface area (Å²) in [7, 11) is 0. The molecule has 0 radical (unpaired) electrons. The van der Waals surface area contributed by atoms with Crippen molar-refractivity contribution in [3.63, 3.8) is 0 Å². The lowest BCUT2D eigenvalue weighted by molar-refractivity contribution is 0.331. The molecule has 106 valence electrons. The molecule has 0 aliphatic carbocycles. The van der Waals surface area contributed by atoms with Gasteiger partial charge in [0.2, 0.25) is 11.7 Å². The molecule has 1 aromatic heterocycles. The van der Waals surface area contributed by atoms with Gasteiger partial charge in [-0.05, 0) is 25.3 Å². The fraction of sp³-hybridized carbons (Fsp3) is 0.286. The van der Waals surface area contributed by atoms with E-state index >= 15 is 0 Å². The highest BCUT2D eigenvalue weighted by Crippen LogP contribution is 2.18. The van der Waals surface area contributed by atoms with Gasteiger partial charge in [0.15, 0.2) is 0 Å². The largest absolute Gasteiger partial charge is 0.492 e. The summed E-state index contributed by atoms with van der Waals surface area (Å²) >= 11 is 0. The SMILES string of the molecule is CC(CCc1ccccc1)n1c(O)c(F)c(=O)[nH]c1=O. The second kappa shape index (κ2) is 5.73.